The Morgan fingerprint density at radius 3 is 2.47 bits per heavy atom. The second-order valence-corrected chi connectivity index (χ2v) is 5.36. The lowest BCUT2D eigenvalue weighted by atomic mass is 10.3. The van der Waals surface area contributed by atoms with E-state index in [1.54, 1.807) is 4.90 Å². The molecule has 0 radical (unpaired) electrons. The first-order valence-corrected chi connectivity index (χ1v) is 6.87. The maximum atomic E-state index is 12.5. The van der Waals surface area contributed by atoms with Crippen molar-refractivity contribution in [1.29, 1.82) is 0 Å². The molecule has 110 valence electrons. The number of hydrogen-bond acceptors (Lipinski definition) is 3. The summed E-state index contributed by atoms with van der Waals surface area (Å²) in [6.45, 7) is 7.45. The number of carbonyl (C=O) groups is 2. The molecule has 0 aromatic rings. The van der Waals surface area contributed by atoms with Gasteiger partial charge in [0.1, 0.15) is 0 Å². The molecule has 1 aliphatic rings. The molecule has 6 nitrogen and oxygen atoms in total. The van der Waals surface area contributed by atoms with E-state index in [1.165, 1.54) is 0 Å². The molecule has 1 saturated heterocycles. The van der Waals surface area contributed by atoms with Gasteiger partial charge in [0.15, 0.2) is 0 Å². The van der Waals surface area contributed by atoms with Crippen molar-refractivity contribution in [3.63, 3.8) is 0 Å². The number of amides is 2. The van der Waals surface area contributed by atoms with E-state index < -0.39 is 5.97 Å². The molecule has 0 spiro atoms. The van der Waals surface area contributed by atoms with Crippen molar-refractivity contribution in [2.45, 2.75) is 32.7 Å². The highest BCUT2D eigenvalue weighted by molar-refractivity contribution is 5.75. The second-order valence-electron chi connectivity index (χ2n) is 5.36. The summed E-state index contributed by atoms with van der Waals surface area (Å²) >= 11 is 0. The maximum absolute atomic E-state index is 12.5. The fraction of sp³-hybridized carbons (Fsp3) is 0.846. The molecule has 0 bridgehead atoms. The number of carbonyl (C=O) groups excluding carboxylic acids is 1. The molecule has 1 aliphatic heterocycles. The first-order chi connectivity index (χ1) is 8.91. The van der Waals surface area contributed by atoms with E-state index in [2.05, 4.69) is 11.9 Å². The number of likely N-dealkylation sites (N-methyl/N-ethyl adjacent to an activating group) is 1. The molecule has 1 heterocycles. The van der Waals surface area contributed by atoms with Crippen LogP contribution >= 0.6 is 0 Å². The molecular weight excluding hydrogens is 246 g/mol. The molecule has 1 fully saturated rings. The zero-order valence-corrected chi connectivity index (χ0v) is 12.1. The Labute approximate surface area is 115 Å². The van der Waals surface area contributed by atoms with Gasteiger partial charge in [-0.2, -0.15) is 0 Å². The smallest absolute Gasteiger partial charge is 0.320 e. The Morgan fingerprint density at radius 1 is 1.21 bits per heavy atom. The summed E-state index contributed by atoms with van der Waals surface area (Å²) in [5.74, 6) is -0.867. The van der Waals surface area contributed by atoms with Crippen LogP contribution < -0.4 is 0 Å². The topological polar surface area (TPSA) is 64.1 Å². The summed E-state index contributed by atoms with van der Waals surface area (Å²) < 4.78 is 0. The molecule has 0 unspecified atom stereocenters. The van der Waals surface area contributed by atoms with E-state index in [9.17, 15) is 9.59 Å². The molecule has 19 heavy (non-hydrogen) atoms. The lowest BCUT2D eigenvalue weighted by Crippen LogP contribution is -2.48. The van der Waals surface area contributed by atoms with Gasteiger partial charge in [0.05, 0.1) is 6.42 Å². The largest absolute Gasteiger partial charge is 0.481 e. The van der Waals surface area contributed by atoms with Crippen molar-refractivity contribution in [1.82, 2.24) is 14.7 Å². The summed E-state index contributed by atoms with van der Waals surface area (Å²) in [7, 11) is 2.05. The number of nitrogens with zero attached hydrogens (tertiary/aromatic N) is 3. The molecular formula is C13H25N3O3. The minimum atomic E-state index is -0.867. The first-order valence-electron chi connectivity index (χ1n) is 6.87. The number of carboxylic acid groups (broad SMARTS) is 1. The SMILES string of the molecule is CC(C)N(CCC(=O)O)C(=O)N1CCCN(C)CC1. The van der Waals surface area contributed by atoms with Crippen LogP contribution in [0.2, 0.25) is 0 Å². The van der Waals surface area contributed by atoms with Gasteiger partial charge < -0.3 is 19.8 Å². The van der Waals surface area contributed by atoms with Crippen LogP contribution in [0.1, 0.15) is 26.7 Å². The highest BCUT2D eigenvalue weighted by atomic mass is 16.4. The Balaban J connectivity index is 2.61. The third-order valence-corrected chi connectivity index (χ3v) is 3.43. The van der Waals surface area contributed by atoms with Crippen molar-refractivity contribution >= 4 is 12.0 Å². The van der Waals surface area contributed by atoms with Gasteiger partial charge in [-0.05, 0) is 33.9 Å². The van der Waals surface area contributed by atoms with E-state index >= 15 is 0 Å². The highest BCUT2D eigenvalue weighted by Gasteiger charge is 2.24. The van der Waals surface area contributed by atoms with Gasteiger partial charge in [-0.1, -0.05) is 0 Å². The molecule has 1 rings (SSSR count). The summed E-state index contributed by atoms with van der Waals surface area (Å²) in [4.78, 5) is 28.8. The van der Waals surface area contributed by atoms with Gasteiger partial charge in [-0.25, -0.2) is 4.79 Å². The minimum absolute atomic E-state index is 0.00232. The van der Waals surface area contributed by atoms with Crippen LogP contribution in [0.15, 0.2) is 0 Å². The van der Waals surface area contributed by atoms with Crippen LogP contribution in [-0.2, 0) is 4.79 Å². The van der Waals surface area contributed by atoms with Crippen molar-refractivity contribution in [2.24, 2.45) is 0 Å². The fourth-order valence-electron chi connectivity index (χ4n) is 2.21. The maximum Gasteiger partial charge on any atom is 0.320 e. The van der Waals surface area contributed by atoms with Crippen LogP contribution in [0, 0.1) is 0 Å². The minimum Gasteiger partial charge on any atom is -0.481 e. The molecule has 0 aromatic heterocycles. The summed E-state index contributed by atoms with van der Waals surface area (Å²) in [5, 5.41) is 8.76. The molecule has 2 amide bonds. The van der Waals surface area contributed by atoms with Crippen molar-refractivity contribution in [3.05, 3.63) is 0 Å². The van der Waals surface area contributed by atoms with Gasteiger partial charge in [0, 0.05) is 32.2 Å². The first kappa shape index (κ1) is 15.8. The monoisotopic (exact) mass is 271 g/mol. The van der Waals surface area contributed by atoms with Gasteiger partial charge >= 0.3 is 12.0 Å². The Hall–Kier alpha value is -1.30. The number of urea groups is 1. The van der Waals surface area contributed by atoms with Crippen molar-refractivity contribution in [3.8, 4) is 0 Å². The number of hydrogen-bond donors (Lipinski definition) is 1. The predicted octanol–water partition coefficient (Wildman–Crippen LogP) is 0.929. The van der Waals surface area contributed by atoms with Gasteiger partial charge in [0.2, 0.25) is 0 Å². The average Bonchev–Trinajstić information content (AvgIpc) is 2.53. The van der Waals surface area contributed by atoms with Crippen molar-refractivity contribution in [2.75, 3.05) is 39.8 Å². The van der Waals surface area contributed by atoms with Crippen LogP contribution in [-0.4, -0.2) is 77.6 Å². The molecule has 0 aliphatic carbocycles. The standard InChI is InChI=1S/C13H25N3O3/c1-11(2)16(8-5-12(17)18)13(19)15-7-4-6-14(3)9-10-15/h11H,4-10H2,1-3H3,(H,17,18). The summed E-state index contributed by atoms with van der Waals surface area (Å²) in [6, 6.07) is -0.0145. The normalized spacial score (nSPS) is 17.4. The molecule has 0 saturated carbocycles. The molecule has 0 aromatic carbocycles. The Bertz CT molecular complexity index is 320. The average molecular weight is 271 g/mol. The second kappa shape index (κ2) is 7.33. The molecule has 1 N–H and O–H groups in total. The number of carboxylic acids is 1. The van der Waals surface area contributed by atoms with Gasteiger partial charge in [-0.3, -0.25) is 4.79 Å². The zero-order chi connectivity index (χ0) is 14.4. The molecule has 6 heteroatoms. The summed E-state index contributed by atoms with van der Waals surface area (Å²) in [6.07, 6.45) is 0.963. The lowest BCUT2D eigenvalue weighted by Gasteiger charge is -2.32. The predicted molar refractivity (Wildman–Crippen MR) is 73.2 cm³/mol. The van der Waals surface area contributed by atoms with E-state index in [-0.39, 0.29) is 25.0 Å². The summed E-state index contributed by atoms with van der Waals surface area (Å²) in [5.41, 5.74) is 0. The third kappa shape index (κ3) is 5.06. The van der Waals surface area contributed by atoms with Crippen LogP contribution in [0.5, 0.6) is 0 Å². The zero-order valence-electron chi connectivity index (χ0n) is 12.1. The van der Waals surface area contributed by atoms with Gasteiger partial charge in [-0.15, -0.1) is 0 Å². The quantitative estimate of drug-likeness (QED) is 0.826. The third-order valence-electron chi connectivity index (χ3n) is 3.43. The Kier molecular flexibility index (Phi) is 6.08. The number of rotatable bonds is 4. The lowest BCUT2D eigenvalue weighted by molar-refractivity contribution is -0.137. The van der Waals surface area contributed by atoms with Crippen LogP contribution in [0.4, 0.5) is 4.79 Å². The van der Waals surface area contributed by atoms with E-state index in [0.29, 0.717) is 6.54 Å². The van der Waals surface area contributed by atoms with E-state index in [0.717, 1.165) is 26.1 Å². The molecule has 0 atom stereocenters. The fourth-order valence-corrected chi connectivity index (χ4v) is 2.21. The van der Waals surface area contributed by atoms with Gasteiger partial charge in [0.25, 0.3) is 0 Å². The highest BCUT2D eigenvalue weighted by Crippen LogP contribution is 2.09. The van der Waals surface area contributed by atoms with Crippen LogP contribution in [0.25, 0.3) is 0 Å². The van der Waals surface area contributed by atoms with Crippen LogP contribution in [0.3, 0.4) is 0 Å². The van der Waals surface area contributed by atoms with Crippen molar-refractivity contribution < 1.29 is 14.7 Å². The van der Waals surface area contributed by atoms with E-state index in [4.69, 9.17) is 5.11 Å². The van der Waals surface area contributed by atoms with E-state index in [1.807, 2.05) is 18.7 Å². The number of aliphatic carboxylic acids is 1. The Morgan fingerprint density at radius 2 is 1.89 bits per heavy atom.